The van der Waals surface area contributed by atoms with Crippen LogP contribution in [0.4, 0.5) is 5.00 Å². The highest BCUT2D eigenvalue weighted by atomic mass is 32.1. The number of hydrogen-bond donors (Lipinski definition) is 1. The summed E-state index contributed by atoms with van der Waals surface area (Å²) in [5.74, 6) is -1.89. The number of anilines is 1. The minimum Gasteiger partial charge on any atom is -0.463 e. The molecule has 0 radical (unpaired) electrons. The van der Waals surface area contributed by atoms with Crippen molar-refractivity contribution in [1.29, 1.82) is 0 Å². The fraction of sp³-hybridized carbons (Fsp3) is 0.226. The monoisotopic (exact) mass is 617 g/mol. The Kier molecular flexibility index (Phi) is 8.86. The molecule has 4 heterocycles. The summed E-state index contributed by atoms with van der Waals surface area (Å²) in [6.07, 6.45) is 1.77. The van der Waals surface area contributed by atoms with Crippen molar-refractivity contribution in [1.82, 2.24) is 9.97 Å². The lowest BCUT2D eigenvalue weighted by Gasteiger charge is -2.14. The van der Waals surface area contributed by atoms with E-state index in [1.807, 2.05) is 0 Å². The SMILES string of the molecule is CCOC(=O)c1sc(NC(=O)C(C)OC(=O)c2ccc3nc(-c4ccco4)c(-c4ccco4)nc3c2)c(C(=O)OCC)c1C. The molecule has 0 spiro atoms. The first-order valence-electron chi connectivity index (χ1n) is 13.6. The van der Waals surface area contributed by atoms with E-state index in [4.69, 9.17) is 23.0 Å². The highest BCUT2D eigenvalue weighted by Crippen LogP contribution is 2.35. The molecule has 0 bridgehead atoms. The molecule has 1 N–H and O–H groups in total. The number of carbonyl (C=O) groups excluding carboxylic acids is 4. The molecule has 1 unspecified atom stereocenters. The number of amides is 1. The van der Waals surface area contributed by atoms with Crippen LogP contribution in [0.25, 0.3) is 33.9 Å². The molecule has 1 aromatic carbocycles. The van der Waals surface area contributed by atoms with Crippen molar-refractivity contribution in [2.75, 3.05) is 18.5 Å². The molecule has 12 nitrogen and oxygen atoms in total. The fourth-order valence-electron chi connectivity index (χ4n) is 4.29. The molecule has 0 saturated carbocycles. The van der Waals surface area contributed by atoms with Crippen molar-refractivity contribution >= 4 is 51.2 Å². The standard InChI is InChI=1S/C31H27N3O9S/c1-5-39-30(37)23-16(3)26(31(38)40-6-2)44-28(23)34-27(35)17(4)43-29(36)18-11-12-19-20(15-18)33-25(22-10-8-14-42-22)24(32-19)21-9-7-13-41-21/h7-15,17H,5-6H2,1-4H3,(H,34,35). The first-order valence-corrected chi connectivity index (χ1v) is 14.4. The molecular formula is C31H27N3O9S. The maximum absolute atomic E-state index is 13.1. The Labute approximate surface area is 255 Å². The maximum atomic E-state index is 13.1. The molecule has 1 atom stereocenters. The number of furan rings is 2. The molecule has 13 heteroatoms. The molecule has 0 aliphatic rings. The van der Waals surface area contributed by atoms with E-state index in [1.165, 1.54) is 31.6 Å². The molecule has 0 saturated heterocycles. The Bertz CT molecular complexity index is 1840. The van der Waals surface area contributed by atoms with Gasteiger partial charge in [-0.2, -0.15) is 0 Å². The van der Waals surface area contributed by atoms with Crippen molar-refractivity contribution in [3.8, 4) is 22.9 Å². The van der Waals surface area contributed by atoms with Crippen LogP contribution >= 0.6 is 11.3 Å². The van der Waals surface area contributed by atoms with Gasteiger partial charge in [0, 0.05) is 0 Å². The number of rotatable bonds is 10. The summed E-state index contributed by atoms with van der Waals surface area (Å²) in [5, 5.41) is 2.67. The average Bonchev–Trinajstić information content (AvgIpc) is 3.79. The third-order valence-electron chi connectivity index (χ3n) is 6.39. The summed E-state index contributed by atoms with van der Waals surface area (Å²) < 4.78 is 26.7. The first kappa shape index (κ1) is 30.2. The predicted molar refractivity (Wildman–Crippen MR) is 159 cm³/mol. The van der Waals surface area contributed by atoms with Gasteiger partial charge in [0.05, 0.1) is 47.9 Å². The highest BCUT2D eigenvalue weighted by Gasteiger charge is 2.29. The van der Waals surface area contributed by atoms with Gasteiger partial charge in [-0.15, -0.1) is 11.3 Å². The number of nitrogens with zero attached hydrogens (tertiary/aromatic N) is 2. The van der Waals surface area contributed by atoms with Gasteiger partial charge in [-0.3, -0.25) is 4.79 Å². The van der Waals surface area contributed by atoms with E-state index in [0.29, 0.717) is 39.5 Å². The Morgan fingerprint density at radius 3 is 2.07 bits per heavy atom. The molecule has 0 aliphatic carbocycles. The van der Waals surface area contributed by atoms with Gasteiger partial charge in [0.1, 0.15) is 21.3 Å². The van der Waals surface area contributed by atoms with Gasteiger partial charge in [0.25, 0.3) is 5.91 Å². The Morgan fingerprint density at radius 1 is 0.864 bits per heavy atom. The van der Waals surface area contributed by atoms with Crippen LogP contribution in [0.15, 0.2) is 63.8 Å². The Balaban J connectivity index is 1.37. The van der Waals surface area contributed by atoms with E-state index < -0.39 is 29.9 Å². The number of nitrogens with one attached hydrogen (secondary N) is 1. The second kappa shape index (κ2) is 12.9. The smallest absolute Gasteiger partial charge is 0.348 e. The van der Waals surface area contributed by atoms with Crippen LogP contribution in [0.5, 0.6) is 0 Å². The van der Waals surface area contributed by atoms with Crippen LogP contribution in [0.3, 0.4) is 0 Å². The number of ether oxygens (including phenoxy) is 3. The summed E-state index contributed by atoms with van der Waals surface area (Å²) in [7, 11) is 0. The van der Waals surface area contributed by atoms with Crippen LogP contribution in [-0.4, -0.2) is 53.1 Å². The van der Waals surface area contributed by atoms with Gasteiger partial charge in [0.15, 0.2) is 17.6 Å². The Morgan fingerprint density at radius 2 is 1.48 bits per heavy atom. The highest BCUT2D eigenvalue weighted by molar-refractivity contribution is 7.18. The van der Waals surface area contributed by atoms with Crippen LogP contribution in [-0.2, 0) is 19.0 Å². The maximum Gasteiger partial charge on any atom is 0.348 e. The summed E-state index contributed by atoms with van der Waals surface area (Å²) in [6, 6.07) is 11.6. The number of carbonyl (C=O) groups is 4. The lowest BCUT2D eigenvalue weighted by atomic mass is 10.1. The number of hydrogen-bond acceptors (Lipinski definition) is 12. The zero-order chi connectivity index (χ0) is 31.4. The van der Waals surface area contributed by atoms with Gasteiger partial charge >= 0.3 is 17.9 Å². The summed E-state index contributed by atoms with van der Waals surface area (Å²) in [5.41, 5.74) is 2.24. The fourth-order valence-corrected chi connectivity index (χ4v) is 5.38. The zero-order valence-electron chi connectivity index (χ0n) is 24.2. The van der Waals surface area contributed by atoms with E-state index in [0.717, 1.165) is 11.3 Å². The van der Waals surface area contributed by atoms with Gasteiger partial charge in [-0.25, -0.2) is 24.4 Å². The lowest BCUT2D eigenvalue weighted by molar-refractivity contribution is -0.123. The Hall–Kier alpha value is -5.30. The van der Waals surface area contributed by atoms with E-state index in [9.17, 15) is 19.2 Å². The number of benzene rings is 1. The molecule has 4 aromatic heterocycles. The lowest BCUT2D eigenvalue weighted by Crippen LogP contribution is -2.30. The third kappa shape index (κ3) is 6.08. The number of fused-ring (bicyclic) bond motifs is 1. The zero-order valence-corrected chi connectivity index (χ0v) is 25.0. The quantitative estimate of drug-likeness (QED) is 0.143. The topological polar surface area (TPSA) is 160 Å². The molecular weight excluding hydrogens is 590 g/mol. The normalized spacial score (nSPS) is 11.6. The molecule has 5 rings (SSSR count). The van der Waals surface area contributed by atoms with Crippen molar-refractivity contribution < 1.29 is 42.2 Å². The van der Waals surface area contributed by atoms with Gasteiger partial charge in [-0.1, -0.05) is 0 Å². The molecule has 5 aromatic rings. The van der Waals surface area contributed by atoms with E-state index in [-0.39, 0.29) is 34.2 Å². The molecule has 226 valence electrons. The molecule has 0 fully saturated rings. The largest absolute Gasteiger partial charge is 0.463 e. The van der Waals surface area contributed by atoms with Crippen molar-refractivity contribution in [3.63, 3.8) is 0 Å². The summed E-state index contributed by atoms with van der Waals surface area (Å²) in [6.45, 7) is 6.47. The van der Waals surface area contributed by atoms with Crippen LogP contribution in [0, 0.1) is 6.92 Å². The molecule has 44 heavy (non-hydrogen) atoms. The number of aromatic nitrogens is 2. The van der Waals surface area contributed by atoms with Gasteiger partial charge < -0.3 is 28.4 Å². The van der Waals surface area contributed by atoms with Crippen LogP contribution in [0.2, 0.25) is 0 Å². The molecule has 1 amide bonds. The number of thiophene rings is 1. The van der Waals surface area contributed by atoms with Crippen LogP contribution < -0.4 is 5.32 Å². The predicted octanol–water partition coefficient (Wildman–Crippen LogP) is 6.06. The van der Waals surface area contributed by atoms with E-state index >= 15 is 0 Å². The minimum absolute atomic E-state index is 0.0289. The summed E-state index contributed by atoms with van der Waals surface area (Å²) in [4.78, 5) is 60.8. The van der Waals surface area contributed by atoms with E-state index in [2.05, 4.69) is 15.3 Å². The average molecular weight is 618 g/mol. The second-order valence-corrected chi connectivity index (χ2v) is 10.3. The van der Waals surface area contributed by atoms with Crippen LogP contribution in [0.1, 0.15) is 56.7 Å². The first-order chi connectivity index (χ1) is 21.2. The summed E-state index contributed by atoms with van der Waals surface area (Å²) >= 11 is 0.874. The third-order valence-corrected chi connectivity index (χ3v) is 7.57. The van der Waals surface area contributed by atoms with Crippen molar-refractivity contribution in [3.05, 3.63) is 76.6 Å². The minimum atomic E-state index is -1.27. The van der Waals surface area contributed by atoms with Gasteiger partial charge in [-0.05, 0) is 75.7 Å². The molecule has 0 aliphatic heterocycles. The number of esters is 3. The second-order valence-electron chi connectivity index (χ2n) is 9.32. The van der Waals surface area contributed by atoms with Gasteiger partial charge in [0.2, 0.25) is 0 Å². The van der Waals surface area contributed by atoms with Crippen molar-refractivity contribution in [2.24, 2.45) is 0 Å². The van der Waals surface area contributed by atoms with Crippen molar-refractivity contribution in [2.45, 2.75) is 33.8 Å². The van der Waals surface area contributed by atoms with E-state index in [1.54, 1.807) is 51.1 Å².